The number of hydrogen-bond donors (Lipinski definition) is 1. The second kappa shape index (κ2) is 8.31. The summed E-state index contributed by atoms with van der Waals surface area (Å²) >= 11 is 0. The molecule has 0 spiro atoms. The number of aliphatic hydroxyl groups excluding tert-OH is 1. The van der Waals surface area contributed by atoms with E-state index in [-0.39, 0.29) is 13.2 Å². The van der Waals surface area contributed by atoms with Crippen LogP contribution in [0, 0.1) is 0 Å². The van der Waals surface area contributed by atoms with Crippen LogP contribution in [0.3, 0.4) is 0 Å². The van der Waals surface area contributed by atoms with Crippen molar-refractivity contribution in [3.63, 3.8) is 0 Å². The van der Waals surface area contributed by atoms with Gasteiger partial charge in [0.05, 0.1) is 13.2 Å². The van der Waals surface area contributed by atoms with E-state index < -0.39 is 5.97 Å². The molecule has 1 aromatic rings. The lowest BCUT2D eigenvalue weighted by Crippen LogP contribution is -2.09. The Morgan fingerprint density at radius 3 is 2.67 bits per heavy atom. The van der Waals surface area contributed by atoms with Crippen molar-refractivity contribution >= 4 is 5.97 Å². The highest BCUT2D eigenvalue weighted by molar-refractivity contribution is 5.87. The van der Waals surface area contributed by atoms with Crippen LogP contribution in [-0.2, 0) is 9.53 Å². The number of ether oxygens (including phenoxy) is 2. The molecule has 0 saturated heterocycles. The average molecular weight is 250 g/mol. The molecule has 0 bridgehead atoms. The van der Waals surface area contributed by atoms with Crippen LogP contribution in [-0.4, -0.2) is 30.9 Å². The molecule has 4 nitrogen and oxygen atoms in total. The largest absolute Gasteiger partial charge is 0.493 e. The van der Waals surface area contributed by atoms with Gasteiger partial charge in [-0.15, -0.1) is 0 Å². The van der Waals surface area contributed by atoms with Crippen molar-refractivity contribution in [1.82, 2.24) is 0 Å². The minimum Gasteiger partial charge on any atom is -0.493 e. The molecule has 0 saturated carbocycles. The number of esters is 1. The first kappa shape index (κ1) is 14.3. The van der Waals surface area contributed by atoms with Crippen LogP contribution in [0.2, 0.25) is 0 Å². The molecular formula is C14H18O4. The topological polar surface area (TPSA) is 55.8 Å². The fourth-order valence-electron chi connectivity index (χ4n) is 1.30. The molecule has 0 amide bonds. The van der Waals surface area contributed by atoms with Crippen molar-refractivity contribution in [1.29, 1.82) is 0 Å². The number of benzene rings is 1. The molecule has 1 rings (SSSR count). The monoisotopic (exact) mass is 250 g/mol. The maximum atomic E-state index is 11.3. The third-order valence-corrected chi connectivity index (χ3v) is 2.23. The molecule has 0 aromatic heterocycles. The Kier molecular flexibility index (Phi) is 6.58. The zero-order valence-electron chi connectivity index (χ0n) is 10.5. The molecule has 4 heteroatoms. The minimum absolute atomic E-state index is 0.0323. The van der Waals surface area contributed by atoms with Gasteiger partial charge in [0.1, 0.15) is 12.4 Å². The van der Waals surface area contributed by atoms with Gasteiger partial charge in [0.25, 0.3) is 0 Å². The highest BCUT2D eigenvalue weighted by Crippen LogP contribution is 2.09. The van der Waals surface area contributed by atoms with Crippen LogP contribution >= 0.6 is 0 Å². The van der Waals surface area contributed by atoms with Gasteiger partial charge in [-0.1, -0.05) is 24.3 Å². The summed E-state index contributed by atoms with van der Waals surface area (Å²) < 4.78 is 10.3. The van der Waals surface area contributed by atoms with Gasteiger partial charge in [0.2, 0.25) is 0 Å². The maximum Gasteiger partial charge on any atom is 0.333 e. The minimum atomic E-state index is -0.399. The number of carbonyl (C=O) groups excluding carboxylic acids is 1. The van der Waals surface area contributed by atoms with E-state index in [1.54, 1.807) is 13.0 Å². The summed E-state index contributed by atoms with van der Waals surface area (Å²) in [7, 11) is 0. The van der Waals surface area contributed by atoms with Crippen molar-refractivity contribution in [2.24, 2.45) is 0 Å². The van der Waals surface area contributed by atoms with Gasteiger partial charge in [-0.2, -0.15) is 0 Å². The first-order chi connectivity index (χ1) is 8.74. The molecule has 0 aliphatic rings. The Bertz CT molecular complexity index is 384. The lowest BCUT2D eigenvalue weighted by atomic mass is 10.2. The highest BCUT2D eigenvalue weighted by atomic mass is 16.5. The second-order valence-electron chi connectivity index (χ2n) is 3.70. The summed E-state index contributed by atoms with van der Waals surface area (Å²) in [6.45, 7) is 2.07. The second-order valence-corrected chi connectivity index (χ2v) is 3.70. The molecule has 0 radical (unpaired) electrons. The standard InChI is InChI=1S/C14H18O4/c1-12(14(16)18-11-9-15)6-5-10-17-13-7-3-2-4-8-13/h2-4,6-8,15H,5,9-11H2,1H3. The van der Waals surface area contributed by atoms with E-state index in [9.17, 15) is 4.79 Å². The number of rotatable bonds is 7. The summed E-state index contributed by atoms with van der Waals surface area (Å²) in [5.41, 5.74) is 0.528. The molecule has 0 atom stereocenters. The van der Waals surface area contributed by atoms with Gasteiger partial charge in [-0.3, -0.25) is 0 Å². The lowest BCUT2D eigenvalue weighted by molar-refractivity contribution is -0.139. The molecule has 18 heavy (non-hydrogen) atoms. The highest BCUT2D eigenvalue weighted by Gasteiger charge is 2.04. The number of aliphatic hydroxyl groups is 1. The smallest absolute Gasteiger partial charge is 0.333 e. The number of carbonyl (C=O) groups is 1. The first-order valence-corrected chi connectivity index (χ1v) is 5.86. The van der Waals surface area contributed by atoms with Gasteiger partial charge in [-0.25, -0.2) is 4.79 Å². The molecule has 0 fully saturated rings. The van der Waals surface area contributed by atoms with Gasteiger partial charge >= 0.3 is 5.97 Å². The Morgan fingerprint density at radius 1 is 1.28 bits per heavy atom. The Balaban J connectivity index is 2.25. The fraction of sp³-hybridized carbons (Fsp3) is 0.357. The molecule has 0 heterocycles. The van der Waals surface area contributed by atoms with Gasteiger partial charge in [-0.05, 0) is 19.1 Å². The van der Waals surface area contributed by atoms with Crippen molar-refractivity contribution < 1.29 is 19.4 Å². The van der Waals surface area contributed by atoms with Gasteiger partial charge in [0.15, 0.2) is 0 Å². The fourth-order valence-corrected chi connectivity index (χ4v) is 1.30. The molecule has 0 aliphatic heterocycles. The quantitative estimate of drug-likeness (QED) is 0.456. The van der Waals surface area contributed by atoms with E-state index in [2.05, 4.69) is 0 Å². The van der Waals surface area contributed by atoms with E-state index >= 15 is 0 Å². The average Bonchev–Trinajstić information content (AvgIpc) is 2.41. The lowest BCUT2D eigenvalue weighted by Gasteiger charge is -2.05. The van der Waals surface area contributed by atoms with Crippen LogP contribution < -0.4 is 4.74 Å². The number of hydrogen-bond acceptors (Lipinski definition) is 4. The zero-order valence-corrected chi connectivity index (χ0v) is 10.5. The maximum absolute atomic E-state index is 11.3. The molecule has 1 aromatic carbocycles. The number of para-hydroxylation sites is 1. The third kappa shape index (κ3) is 5.50. The summed E-state index contributed by atoms with van der Waals surface area (Å²) in [4.78, 5) is 11.3. The van der Waals surface area contributed by atoms with E-state index in [4.69, 9.17) is 14.6 Å². The molecule has 0 aliphatic carbocycles. The molecule has 98 valence electrons. The zero-order chi connectivity index (χ0) is 13.2. The van der Waals surface area contributed by atoms with Crippen LogP contribution in [0.5, 0.6) is 5.75 Å². The SMILES string of the molecule is CC(=CCCOc1ccccc1)C(=O)OCCO. The van der Waals surface area contributed by atoms with E-state index in [0.717, 1.165) is 5.75 Å². The predicted octanol–water partition coefficient (Wildman–Crippen LogP) is 1.94. The van der Waals surface area contributed by atoms with E-state index in [1.807, 2.05) is 30.3 Å². The Hall–Kier alpha value is -1.81. The summed E-state index contributed by atoms with van der Waals surface area (Å²) in [5, 5.41) is 8.52. The van der Waals surface area contributed by atoms with Crippen LogP contribution in [0.4, 0.5) is 0 Å². The van der Waals surface area contributed by atoms with Crippen molar-refractivity contribution in [2.75, 3.05) is 19.8 Å². The normalized spacial score (nSPS) is 11.1. The Labute approximate surface area is 107 Å². The molecular weight excluding hydrogens is 232 g/mol. The van der Waals surface area contributed by atoms with Crippen molar-refractivity contribution in [3.05, 3.63) is 42.0 Å². The molecule has 1 N–H and O–H groups in total. The van der Waals surface area contributed by atoms with Crippen LogP contribution in [0.1, 0.15) is 13.3 Å². The van der Waals surface area contributed by atoms with E-state index in [1.165, 1.54) is 0 Å². The van der Waals surface area contributed by atoms with Crippen LogP contribution in [0.15, 0.2) is 42.0 Å². The summed E-state index contributed by atoms with van der Waals surface area (Å²) in [6, 6.07) is 9.50. The summed E-state index contributed by atoms with van der Waals surface area (Å²) in [6.07, 6.45) is 2.40. The predicted molar refractivity (Wildman–Crippen MR) is 68.4 cm³/mol. The van der Waals surface area contributed by atoms with Gasteiger partial charge in [0, 0.05) is 12.0 Å². The van der Waals surface area contributed by atoms with E-state index in [0.29, 0.717) is 18.6 Å². The Morgan fingerprint density at radius 2 is 2.00 bits per heavy atom. The third-order valence-electron chi connectivity index (χ3n) is 2.23. The summed E-state index contributed by atoms with van der Waals surface area (Å²) in [5.74, 6) is 0.412. The van der Waals surface area contributed by atoms with Crippen molar-refractivity contribution in [3.8, 4) is 5.75 Å². The van der Waals surface area contributed by atoms with Gasteiger partial charge < -0.3 is 14.6 Å². The van der Waals surface area contributed by atoms with Crippen molar-refractivity contribution in [2.45, 2.75) is 13.3 Å². The molecule has 0 unspecified atom stereocenters. The van der Waals surface area contributed by atoms with Crippen LogP contribution in [0.25, 0.3) is 0 Å². The first-order valence-electron chi connectivity index (χ1n) is 5.86.